The Bertz CT molecular complexity index is 1410. The van der Waals surface area contributed by atoms with Crippen LogP contribution in [0.15, 0.2) is 89.8 Å². The summed E-state index contributed by atoms with van der Waals surface area (Å²) in [5, 5.41) is 1.98. The molecule has 0 aliphatic carbocycles. The zero-order valence-corrected chi connectivity index (χ0v) is 17.9. The van der Waals surface area contributed by atoms with Crippen molar-refractivity contribution in [2.45, 2.75) is 18.4 Å². The molecule has 0 bridgehead atoms. The van der Waals surface area contributed by atoms with E-state index >= 15 is 0 Å². The van der Waals surface area contributed by atoms with Crippen LogP contribution >= 0.6 is 0 Å². The van der Waals surface area contributed by atoms with E-state index in [0.717, 1.165) is 33.0 Å². The fourth-order valence-electron chi connectivity index (χ4n) is 4.24. The molecule has 31 heavy (non-hydrogen) atoms. The highest BCUT2D eigenvalue weighted by Gasteiger charge is 2.34. The summed E-state index contributed by atoms with van der Waals surface area (Å²) >= 11 is 0. The number of ketones is 1. The minimum Gasteiger partial charge on any atom is -0.293 e. The first-order valence-corrected chi connectivity index (χ1v) is 11.6. The third kappa shape index (κ3) is 3.36. The average Bonchev–Trinajstić information content (AvgIpc) is 2.78. The highest BCUT2D eigenvalue weighted by molar-refractivity contribution is 7.89. The van der Waals surface area contributed by atoms with E-state index in [1.165, 1.54) is 4.31 Å². The molecule has 1 aliphatic rings. The first-order valence-electron chi connectivity index (χ1n) is 10.2. The first kappa shape index (κ1) is 19.7. The van der Waals surface area contributed by atoms with Crippen LogP contribution in [0, 0.1) is 6.92 Å². The Labute approximate surface area is 181 Å². The van der Waals surface area contributed by atoms with Crippen LogP contribution < -0.4 is 0 Å². The number of sulfonamides is 1. The number of carbonyl (C=O) groups is 1. The molecule has 1 aliphatic heterocycles. The van der Waals surface area contributed by atoms with E-state index < -0.39 is 10.0 Å². The number of rotatable bonds is 3. The molecule has 1 heterocycles. The third-order valence-corrected chi connectivity index (χ3v) is 7.64. The summed E-state index contributed by atoms with van der Waals surface area (Å²) < 4.78 is 28.0. The van der Waals surface area contributed by atoms with Crippen molar-refractivity contribution in [3.05, 3.63) is 102 Å². The van der Waals surface area contributed by atoms with Crippen molar-refractivity contribution in [2.75, 3.05) is 6.54 Å². The first-order chi connectivity index (χ1) is 14.9. The van der Waals surface area contributed by atoms with Crippen molar-refractivity contribution in [3.8, 4) is 11.1 Å². The Balaban J connectivity index is 1.71. The lowest BCUT2D eigenvalue weighted by Crippen LogP contribution is -2.39. The lowest BCUT2D eigenvalue weighted by Gasteiger charge is -2.30. The quantitative estimate of drug-likeness (QED) is 0.451. The molecule has 5 rings (SSSR count). The molecule has 0 saturated carbocycles. The van der Waals surface area contributed by atoms with Gasteiger partial charge in [0.2, 0.25) is 10.0 Å². The van der Waals surface area contributed by atoms with E-state index in [4.69, 9.17) is 0 Å². The Kier molecular flexibility index (Phi) is 4.73. The maximum absolute atomic E-state index is 13.3. The molecule has 0 amide bonds. The monoisotopic (exact) mass is 427 g/mol. The zero-order valence-electron chi connectivity index (χ0n) is 17.1. The molecule has 0 N–H and O–H groups in total. The molecule has 0 unspecified atom stereocenters. The predicted molar refractivity (Wildman–Crippen MR) is 122 cm³/mol. The Morgan fingerprint density at radius 2 is 1.48 bits per heavy atom. The number of nitrogens with zero attached hydrogens (tertiary/aromatic N) is 1. The van der Waals surface area contributed by atoms with Gasteiger partial charge in [0.15, 0.2) is 5.78 Å². The standard InChI is InChI=1S/C26H21NO3S/c1-18-11-13-21(14-12-18)31(29,30)27-16-24-23(25(28)17-27)15-20-9-5-6-10-22(20)26(24)19-7-3-2-4-8-19/h2-15H,16-17H2,1H3. The van der Waals surface area contributed by atoms with Gasteiger partial charge in [0, 0.05) is 12.1 Å². The smallest absolute Gasteiger partial charge is 0.243 e. The largest absolute Gasteiger partial charge is 0.293 e. The van der Waals surface area contributed by atoms with Gasteiger partial charge >= 0.3 is 0 Å². The van der Waals surface area contributed by atoms with Gasteiger partial charge in [-0.25, -0.2) is 8.42 Å². The molecule has 0 saturated heterocycles. The summed E-state index contributed by atoms with van der Waals surface area (Å²) in [6, 6.07) is 26.4. The van der Waals surface area contributed by atoms with Gasteiger partial charge in [-0.2, -0.15) is 4.31 Å². The van der Waals surface area contributed by atoms with Crippen molar-refractivity contribution in [2.24, 2.45) is 0 Å². The van der Waals surface area contributed by atoms with E-state index in [2.05, 4.69) is 0 Å². The molecule has 4 aromatic rings. The molecule has 4 aromatic carbocycles. The average molecular weight is 428 g/mol. The Morgan fingerprint density at radius 3 is 2.23 bits per heavy atom. The number of Topliss-reactive ketones (excluding diaryl/α,β-unsaturated/α-hetero) is 1. The number of aryl methyl sites for hydroxylation is 1. The van der Waals surface area contributed by atoms with Crippen molar-refractivity contribution in [1.82, 2.24) is 4.31 Å². The summed E-state index contributed by atoms with van der Waals surface area (Å²) in [5.74, 6) is -0.181. The number of benzene rings is 4. The predicted octanol–water partition coefficient (Wildman–Crippen LogP) is 5.20. The van der Waals surface area contributed by atoms with Crippen molar-refractivity contribution in [1.29, 1.82) is 0 Å². The van der Waals surface area contributed by atoms with Gasteiger partial charge < -0.3 is 0 Å². The summed E-state index contributed by atoms with van der Waals surface area (Å²) in [6.45, 7) is 1.91. The molecular formula is C26H21NO3S. The van der Waals surface area contributed by atoms with E-state index in [1.807, 2.05) is 67.6 Å². The molecule has 0 atom stereocenters. The van der Waals surface area contributed by atoms with Crippen LogP contribution in [-0.2, 0) is 16.6 Å². The summed E-state index contributed by atoms with van der Waals surface area (Å²) in [6.07, 6.45) is 0. The van der Waals surface area contributed by atoms with Crippen molar-refractivity contribution in [3.63, 3.8) is 0 Å². The topological polar surface area (TPSA) is 54.5 Å². The van der Waals surface area contributed by atoms with Crippen LogP contribution in [0.5, 0.6) is 0 Å². The fraction of sp³-hybridized carbons (Fsp3) is 0.115. The molecule has 0 fully saturated rings. The molecule has 5 heteroatoms. The van der Waals surface area contributed by atoms with E-state index in [-0.39, 0.29) is 23.8 Å². The second-order valence-electron chi connectivity index (χ2n) is 7.87. The van der Waals surface area contributed by atoms with E-state index in [1.54, 1.807) is 24.3 Å². The van der Waals surface area contributed by atoms with Gasteiger partial charge in [0.05, 0.1) is 11.4 Å². The van der Waals surface area contributed by atoms with Crippen LogP contribution in [-0.4, -0.2) is 25.1 Å². The SMILES string of the molecule is Cc1ccc(S(=O)(=O)N2CC(=O)c3cc4ccccc4c(-c4ccccc4)c3C2)cc1. The van der Waals surface area contributed by atoms with Crippen LogP contribution in [0.3, 0.4) is 0 Å². The summed E-state index contributed by atoms with van der Waals surface area (Å²) in [4.78, 5) is 13.4. The van der Waals surface area contributed by atoms with Crippen molar-refractivity contribution < 1.29 is 13.2 Å². The van der Waals surface area contributed by atoms with Crippen LogP contribution in [0.2, 0.25) is 0 Å². The lowest BCUT2D eigenvalue weighted by atomic mass is 9.87. The number of hydrogen-bond donors (Lipinski definition) is 0. The molecule has 154 valence electrons. The third-order valence-electron chi connectivity index (χ3n) is 5.83. The van der Waals surface area contributed by atoms with Crippen molar-refractivity contribution >= 4 is 26.6 Å². The highest BCUT2D eigenvalue weighted by atomic mass is 32.2. The number of fused-ring (bicyclic) bond motifs is 2. The fourth-order valence-corrected chi connectivity index (χ4v) is 5.61. The molecule has 0 spiro atoms. The van der Waals surface area contributed by atoms with E-state index in [0.29, 0.717) is 5.56 Å². The molecule has 4 nitrogen and oxygen atoms in total. The van der Waals surface area contributed by atoms with Gasteiger partial charge in [-0.1, -0.05) is 72.3 Å². The second-order valence-corrected chi connectivity index (χ2v) is 9.81. The molecule has 0 aromatic heterocycles. The van der Waals surface area contributed by atoms with Gasteiger partial charge in [0.1, 0.15) is 0 Å². The van der Waals surface area contributed by atoms with Gasteiger partial charge in [-0.3, -0.25) is 4.79 Å². The van der Waals surface area contributed by atoms with Crippen LogP contribution in [0.25, 0.3) is 21.9 Å². The van der Waals surface area contributed by atoms with Gasteiger partial charge in [-0.15, -0.1) is 0 Å². The van der Waals surface area contributed by atoms with Crippen LogP contribution in [0.1, 0.15) is 21.5 Å². The summed E-state index contributed by atoms with van der Waals surface area (Å²) in [5.41, 5.74) is 4.24. The van der Waals surface area contributed by atoms with Gasteiger partial charge in [0.25, 0.3) is 0 Å². The zero-order chi connectivity index (χ0) is 21.6. The highest BCUT2D eigenvalue weighted by Crippen LogP contribution is 2.38. The molecular weight excluding hydrogens is 406 g/mol. The van der Waals surface area contributed by atoms with Gasteiger partial charge in [-0.05, 0) is 52.6 Å². The lowest BCUT2D eigenvalue weighted by molar-refractivity contribution is 0.0950. The normalized spacial score (nSPS) is 14.5. The minimum absolute atomic E-state index is 0.157. The second kappa shape index (κ2) is 7.45. The maximum atomic E-state index is 13.3. The number of hydrogen-bond acceptors (Lipinski definition) is 3. The summed E-state index contributed by atoms with van der Waals surface area (Å²) in [7, 11) is -3.79. The molecule has 0 radical (unpaired) electrons. The minimum atomic E-state index is -3.79. The Hall–Kier alpha value is -3.28. The van der Waals surface area contributed by atoms with Crippen LogP contribution in [0.4, 0.5) is 0 Å². The van der Waals surface area contributed by atoms with E-state index in [9.17, 15) is 13.2 Å². The number of carbonyl (C=O) groups excluding carboxylic acids is 1. The Morgan fingerprint density at radius 1 is 0.806 bits per heavy atom. The maximum Gasteiger partial charge on any atom is 0.243 e.